The molecular formula is C27H26F4N2O5. The van der Waals surface area contributed by atoms with Crippen LogP contribution in [0, 0.1) is 29.2 Å². The molecule has 11 heteroatoms. The standard InChI is InChI=1S/C27H26F4N2O5/c1-14(26(36)38-27(2,3)4)9-10-37-16-12-20(30)23(21(31)13-16)33-22(34)8-7-18(25(33)32)24(35)17-6-5-15(28)11-19(17)29/h5-8,11-14H,9-10,32H2,1-4H3/t14-/m0/s1. The van der Waals surface area contributed by atoms with Gasteiger partial charge in [-0.25, -0.2) is 17.6 Å². The number of ketones is 1. The highest BCUT2D eigenvalue weighted by atomic mass is 19.1. The van der Waals surface area contributed by atoms with Gasteiger partial charge < -0.3 is 15.2 Å². The van der Waals surface area contributed by atoms with Crippen molar-refractivity contribution in [2.45, 2.75) is 39.7 Å². The summed E-state index contributed by atoms with van der Waals surface area (Å²) in [6.07, 6.45) is 0.205. The number of nitrogens with zero attached hydrogens (tertiary/aromatic N) is 1. The van der Waals surface area contributed by atoms with Gasteiger partial charge in [0, 0.05) is 24.3 Å². The molecule has 0 saturated heterocycles. The number of carbonyl (C=O) groups is 2. The van der Waals surface area contributed by atoms with Gasteiger partial charge in [-0.2, -0.15) is 0 Å². The minimum Gasteiger partial charge on any atom is -0.493 e. The van der Waals surface area contributed by atoms with Gasteiger partial charge in [0.15, 0.2) is 17.4 Å². The van der Waals surface area contributed by atoms with E-state index in [4.69, 9.17) is 15.2 Å². The van der Waals surface area contributed by atoms with Gasteiger partial charge >= 0.3 is 5.97 Å². The molecule has 0 aliphatic heterocycles. The Labute approximate surface area is 215 Å². The Kier molecular flexibility index (Phi) is 8.28. The Morgan fingerprint density at radius 3 is 2.13 bits per heavy atom. The number of nitrogens with two attached hydrogens (primary N) is 1. The van der Waals surface area contributed by atoms with Crippen molar-refractivity contribution in [1.29, 1.82) is 0 Å². The van der Waals surface area contributed by atoms with Crippen molar-refractivity contribution in [3.63, 3.8) is 0 Å². The van der Waals surface area contributed by atoms with Crippen molar-refractivity contribution in [3.8, 4) is 11.4 Å². The zero-order chi connectivity index (χ0) is 28.4. The van der Waals surface area contributed by atoms with E-state index < -0.39 is 74.7 Å². The summed E-state index contributed by atoms with van der Waals surface area (Å²) in [5.74, 6) is -7.41. The van der Waals surface area contributed by atoms with Crippen molar-refractivity contribution in [2.24, 2.45) is 5.92 Å². The highest BCUT2D eigenvalue weighted by Gasteiger charge is 2.24. The fourth-order valence-electron chi connectivity index (χ4n) is 3.51. The maximum Gasteiger partial charge on any atom is 0.309 e. The second-order valence-electron chi connectivity index (χ2n) is 9.57. The molecule has 2 N–H and O–H groups in total. The second-order valence-corrected chi connectivity index (χ2v) is 9.57. The largest absolute Gasteiger partial charge is 0.493 e. The van der Waals surface area contributed by atoms with Crippen molar-refractivity contribution >= 4 is 17.6 Å². The van der Waals surface area contributed by atoms with Crippen LogP contribution in [-0.2, 0) is 9.53 Å². The predicted octanol–water partition coefficient (Wildman–Crippen LogP) is 4.95. The number of carbonyl (C=O) groups excluding carboxylic acids is 2. The lowest BCUT2D eigenvalue weighted by Gasteiger charge is -2.22. The molecule has 1 heterocycles. The van der Waals surface area contributed by atoms with Crippen LogP contribution in [0.2, 0.25) is 0 Å². The lowest BCUT2D eigenvalue weighted by atomic mass is 10.0. The number of nitrogen functional groups attached to an aromatic ring is 1. The summed E-state index contributed by atoms with van der Waals surface area (Å²) in [7, 11) is 0. The zero-order valence-corrected chi connectivity index (χ0v) is 21.1. The molecule has 3 aromatic rings. The second kappa shape index (κ2) is 11.1. The average molecular weight is 535 g/mol. The summed E-state index contributed by atoms with van der Waals surface area (Å²) in [5.41, 5.74) is 2.46. The van der Waals surface area contributed by atoms with Gasteiger partial charge in [-0.15, -0.1) is 0 Å². The highest BCUT2D eigenvalue weighted by Crippen LogP contribution is 2.27. The lowest BCUT2D eigenvalue weighted by molar-refractivity contribution is -0.159. The van der Waals surface area contributed by atoms with Crippen molar-refractivity contribution in [1.82, 2.24) is 4.57 Å². The van der Waals surface area contributed by atoms with Crippen LogP contribution in [0.3, 0.4) is 0 Å². The first-order chi connectivity index (χ1) is 17.7. The van der Waals surface area contributed by atoms with E-state index in [1.54, 1.807) is 27.7 Å². The molecule has 0 saturated carbocycles. The number of anilines is 1. The first-order valence-electron chi connectivity index (χ1n) is 11.6. The minimum absolute atomic E-state index is 0.0616. The van der Waals surface area contributed by atoms with E-state index in [9.17, 15) is 23.2 Å². The molecule has 7 nitrogen and oxygen atoms in total. The number of benzene rings is 2. The van der Waals surface area contributed by atoms with Crippen LogP contribution in [0.5, 0.6) is 5.75 Å². The molecule has 0 radical (unpaired) electrons. The number of pyridine rings is 1. The van der Waals surface area contributed by atoms with Crippen LogP contribution in [0.25, 0.3) is 5.69 Å². The SMILES string of the molecule is C[C@@H](CCOc1cc(F)c(-n2c(N)c(C(=O)c3ccc(F)cc3F)ccc2=O)c(F)c1)C(=O)OC(C)(C)C. The number of ether oxygens (including phenoxy) is 2. The summed E-state index contributed by atoms with van der Waals surface area (Å²) < 4.78 is 68.5. The highest BCUT2D eigenvalue weighted by molar-refractivity contribution is 6.11. The molecule has 1 atom stereocenters. The summed E-state index contributed by atoms with van der Waals surface area (Å²) in [5, 5.41) is 0. The maximum absolute atomic E-state index is 15.0. The number of rotatable bonds is 8. The van der Waals surface area contributed by atoms with Crippen LogP contribution >= 0.6 is 0 Å². The monoisotopic (exact) mass is 534 g/mol. The van der Waals surface area contributed by atoms with Gasteiger partial charge in [0.05, 0.1) is 23.7 Å². The number of hydrogen-bond acceptors (Lipinski definition) is 6. The molecule has 0 aliphatic carbocycles. The van der Waals surface area contributed by atoms with Crippen molar-refractivity contribution in [2.75, 3.05) is 12.3 Å². The van der Waals surface area contributed by atoms with Gasteiger partial charge in [0.25, 0.3) is 5.56 Å². The molecule has 202 valence electrons. The Morgan fingerprint density at radius 2 is 1.55 bits per heavy atom. The lowest BCUT2D eigenvalue weighted by Crippen LogP contribution is -2.28. The molecule has 0 fully saturated rings. The summed E-state index contributed by atoms with van der Waals surface area (Å²) in [6.45, 7) is 6.75. The van der Waals surface area contributed by atoms with Crippen LogP contribution in [-0.4, -0.2) is 28.5 Å². The minimum atomic E-state index is -1.23. The van der Waals surface area contributed by atoms with E-state index in [-0.39, 0.29) is 18.8 Å². The van der Waals surface area contributed by atoms with Crippen molar-refractivity contribution < 1.29 is 36.6 Å². The van der Waals surface area contributed by atoms with E-state index in [1.165, 1.54) is 0 Å². The Balaban J connectivity index is 1.87. The van der Waals surface area contributed by atoms with Crippen molar-refractivity contribution in [3.05, 3.63) is 87.2 Å². The molecule has 0 spiro atoms. The quantitative estimate of drug-likeness (QED) is 0.249. The molecular weight excluding hydrogens is 508 g/mol. The number of hydrogen-bond donors (Lipinski definition) is 1. The number of halogens is 4. The molecule has 2 aromatic carbocycles. The predicted molar refractivity (Wildman–Crippen MR) is 131 cm³/mol. The molecule has 0 unspecified atom stereocenters. The Morgan fingerprint density at radius 1 is 0.947 bits per heavy atom. The van der Waals surface area contributed by atoms with Crippen LogP contribution in [0.1, 0.15) is 50.0 Å². The van der Waals surface area contributed by atoms with Gasteiger partial charge in [0.1, 0.15) is 34.5 Å². The molecule has 3 rings (SSSR count). The number of esters is 1. The Bertz CT molecular complexity index is 1420. The first-order valence-corrected chi connectivity index (χ1v) is 11.6. The fourth-order valence-corrected chi connectivity index (χ4v) is 3.51. The topological polar surface area (TPSA) is 101 Å². The summed E-state index contributed by atoms with van der Waals surface area (Å²) >= 11 is 0. The van der Waals surface area contributed by atoms with E-state index in [2.05, 4.69) is 0 Å². The molecule has 38 heavy (non-hydrogen) atoms. The van der Waals surface area contributed by atoms with Gasteiger partial charge in [-0.05, 0) is 45.4 Å². The van der Waals surface area contributed by atoms with Gasteiger partial charge in [-0.1, -0.05) is 6.92 Å². The smallest absolute Gasteiger partial charge is 0.309 e. The third-order valence-corrected chi connectivity index (χ3v) is 5.39. The van der Waals surface area contributed by atoms with E-state index in [0.29, 0.717) is 10.6 Å². The van der Waals surface area contributed by atoms with E-state index >= 15 is 8.78 Å². The van der Waals surface area contributed by atoms with E-state index in [1.807, 2.05) is 0 Å². The third-order valence-electron chi connectivity index (χ3n) is 5.39. The molecule has 1 aromatic heterocycles. The van der Waals surface area contributed by atoms with Gasteiger partial charge in [0.2, 0.25) is 0 Å². The van der Waals surface area contributed by atoms with Crippen LogP contribution < -0.4 is 16.0 Å². The Hall–Kier alpha value is -4.15. The first kappa shape index (κ1) is 28.4. The normalized spacial score (nSPS) is 12.2. The molecule has 0 bridgehead atoms. The number of aromatic nitrogens is 1. The zero-order valence-electron chi connectivity index (χ0n) is 21.1. The van der Waals surface area contributed by atoms with Crippen LogP contribution in [0.4, 0.5) is 23.4 Å². The van der Waals surface area contributed by atoms with Gasteiger partial charge in [-0.3, -0.25) is 19.0 Å². The summed E-state index contributed by atoms with van der Waals surface area (Å²) in [4.78, 5) is 37.4. The molecule has 0 amide bonds. The maximum atomic E-state index is 15.0. The molecule has 0 aliphatic rings. The average Bonchev–Trinajstić information content (AvgIpc) is 2.79. The summed E-state index contributed by atoms with van der Waals surface area (Å²) in [6, 6.07) is 5.69. The van der Waals surface area contributed by atoms with Crippen LogP contribution in [0.15, 0.2) is 47.3 Å². The fraction of sp³-hybridized carbons (Fsp3) is 0.296. The third kappa shape index (κ3) is 6.39. The van der Waals surface area contributed by atoms with E-state index in [0.717, 1.165) is 36.4 Å².